The first kappa shape index (κ1) is 15.6. The maximum atomic E-state index is 12.5. The monoisotopic (exact) mass is 356 g/mol. The van der Waals surface area contributed by atoms with Crippen LogP contribution in [0.5, 0.6) is 0 Å². The zero-order chi connectivity index (χ0) is 14.4. The van der Waals surface area contributed by atoms with Crippen LogP contribution in [0.4, 0.5) is 26.3 Å². The molecule has 0 bridgehead atoms. The van der Waals surface area contributed by atoms with Gasteiger partial charge in [0.05, 0.1) is 0 Å². The van der Waals surface area contributed by atoms with E-state index in [1.54, 1.807) is 0 Å². The van der Waals surface area contributed by atoms with Crippen molar-refractivity contribution in [2.45, 2.75) is 18.0 Å². The Kier molecular flexibility index (Phi) is 3.96. The molecule has 0 aliphatic rings. The van der Waals surface area contributed by atoms with Crippen LogP contribution in [0.25, 0.3) is 0 Å². The van der Waals surface area contributed by atoms with Crippen LogP contribution in [-0.2, 0) is 5.60 Å². The Morgan fingerprint density at radius 3 is 1.72 bits per heavy atom. The van der Waals surface area contributed by atoms with Gasteiger partial charge in [-0.05, 0) is 18.2 Å². The minimum absolute atomic E-state index is 0.114. The molecule has 0 fully saturated rings. The third-order valence-electron chi connectivity index (χ3n) is 2.10. The maximum Gasteiger partial charge on any atom is 0.430 e. The van der Waals surface area contributed by atoms with E-state index in [9.17, 15) is 26.3 Å². The standard InChI is InChI=1S/C9H4BrClF6O/c10-5-1-4(2-6(11)3-5)7(18,8(12,13)14)9(15,16)17/h1-3,18H. The van der Waals surface area contributed by atoms with Crippen molar-refractivity contribution in [3.05, 3.63) is 33.3 Å². The topological polar surface area (TPSA) is 20.2 Å². The summed E-state index contributed by atoms with van der Waals surface area (Å²) in [5, 5.41) is 8.71. The summed E-state index contributed by atoms with van der Waals surface area (Å²) in [5.41, 5.74) is -6.37. The first-order valence-corrected chi connectivity index (χ1v) is 5.39. The SMILES string of the molecule is OC(c1cc(Cl)cc(Br)c1)(C(F)(F)F)C(F)(F)F. The average molecular weight is 357 g/mol. The Labute approximate surface area is 110 Å². The van der Waals surface area contributed by atoms with Gasteiger partial charge in [0.15, 0.2) is 0 Å². The second kappa shape index (κ2) is 4.57. The molecule has 1 aromatic rings. The Bertz CT molecular complexity index is 421. The minimum Gasteiger partial charge on any atom is -0.369 e. The number of benzene rings is 1. The Balaban J connectivity index is 3.55. The van der Waals surface area contributed by atoms with E-state index in [0.29, 0.717) is 12.1 Å². The summed E-state index contributed by atoms with van der Waals surface area (Å²) in [6.07, 6.45) is -11.8. The molecular weight excluding hydrogens is 353 g/mol. The number of halogens is 8. The second-order valence-corrected chi connectivity index (χ2v) is 4.72. The Hall–Kier alpha value is -0.470. The molecule has 1 N–H and O–H groups in total. The van der Waals surface area contributed by atoms with Gasteiger partial charge in [-0.25, -0.2) is 0 Å². The van der Waals surface area contributed by atoms with Crippen molar-refractivity contribution >= 4 is 27.5 Å². The molecule has 0 unspecified atom stereocenters. The van der Waals surface area contributed by atoms with Crippen LogP contribution in [0, 0.1) is 0 Å². The number of rotatable bonds is 1. The maximum absolute atomic E-state index is 12.5. The van der Waals surface area contributed by atoms with Crippen molar-refractivity contribution in [1.29, 1.82) is 0 Å². The zero-order valence-electron chi connectivity index (χ0n) is 8.20. The van der Waals surface area contributed by atoms with Gasteiger partial charge in [0.1, 0.15) is 0 Å². The quantitative estimate of drug-likeness (QED) is 0.738. The molecule has 1 rings (SSSR count). The van der Waals surface area contributed by atoms with Crippen LogP contribution in [0.2, 0.25) is 5.02 Å². The van der Waals surface area contributed by atoms with Crippen molar-refractivity contribution in [2.24, 2.45) is 0 Å². The number of alkyl halides is 6. The molecule has 0 atom stereocenters. The highest BCUT2D eigenvalue weighted by Crippen LogP contribution is 2.50. The lowest BCUT2D eigenvalue weighted by Crippen LogP contribution is -2.53. The van der Waals surface area contributed by atoms with E-state index in [1.165, 1.54) is 0 Å². The van der Waals surface area contributed by atoms with Crippen LogP contribution in [0.1, 0.15) is 5.56 Å². The van der Waals surface area contributed by atoms with Crippen molar-refractivity contribution in [1.82, 2.24) is 0 Å². The molecule has 0 aliphatic carbocycles. The van der Waals surface area contributed by atoms with E-state index < -0.39 is 23.5 Å². The fourth-order valence-corrected chi connectivity index (χ4v) is 2.11. The lowest BCUT2D eigenvalue weighted by molar-refractivity contribution is -0.376. The summed E-state index contributed by atoms with van der Waals surface area (Å²) in [7, 11) is 0. The predicted molar refractivity (Wildman–Crippen MR) is 55.2 cm³/mol. The van der Waals surface area contributed by atoms with E-state index in [4.69, 9.17) is 16.7 Å². The highest BCUT2D eigenvalue weighted by Gasteiger charge is 2.71. The fraction of sp³-hybridized carbons (Fsp3) is 0.333. The third kappa shape index (κ3) is 2.60. The van der Waals surface area contributed by atoms with Crippen LogP contribution < -0.4 is 0 Å². The smallest absolute Gasteiger partial charge is 0.369 e. The number of aliphatic hydroxyl groups is 1. The second-order valence-electron chi connectivity index (χ2n) is 3.36. The largest absolute Gasteiger partial charge is 0.430 e. The molecule has 0 heterocycles. The summed E-state index contributed by atoms with van der Waals surface area (Å²) in [4.78, 5) is 0. The molecule has 9 heteroatoms. The normalized spacial score (nSPS) is 13.8. The molecule has 0 saturated carbocycles. The molecule has 0 saturated heterocycles. The van der Waals surface area contributed by atoms with Gasteiger partial charge in [-0.1, -0.05) is 27.5 Å². The summed E-state index contributed by atoms with van der Waals surface area (Å²) in [5.74, 6) is 0. The van der Waals surface area contributed by atoms with Gasteiger partial charge in [0, 0.05) is 15.1 Å². The summed E-state index contributed by atoms with van der Waals surface area (Å²) in [6, 6.07) is 2.01. The van der Waals surface area contributed by atoms with Crippen LogP contribution in [0.3, 0.4) is 0 Å². The highest BCUT2D eigenvalue weighted by atomic mass is 79.9. The van der Waals surface area contributed by atoms with Crippen molar-refractivity contribution in [2.75, 3.05) is 0 Å². The first-order chi connectivity index (χ1) is 7.89. The molecule has 1 nitrogen and oxygen atoms in total. The van der Waals surface area contributed by atoms with Crippen LogP contribution in [-0.4, -0.2) is 17.5 Å². The number of hydrogen-bond acceptors (Lipinski definition) is 1. The lowest BCUT2D eigenvalue weighted by Gasteiger charge is -2.32. The van der Waals surface area contributed by atoms with E-state index in [2.05, 4.69) is 15.9 Å². The average Bonchev–Trinajstić information content (AvgIpc) is 2.11. The van der Waals surface area contributed by atoms with Gasteiger partial charge >= 0.3 is 12.4 Å². The van der Waals surface area contributed by atoms with Gasteiger partial charge in [-0.2, -0.15) is 26.3 Å². The van der Waals surface area contributed by atoms with E-state index in [-0.39, 0.29) is 9.50 Å². The van der Waals surface area contributed by atoms with Gasteiger partial charge in [-0.3, -0.25) is 0 Å². The Morgan fingerprint density at radius 1 is 0.944 bits per heavy atom. The molecule has 0 amide bonds. The summed E-state index contributed by atoms with van der Waals surface area (Å²) < 4.78 is 75.0. The third-order valence-corrected chi connectivity index (χ3v) is 2.78. The zero-order valence-corrected chi connectivity index (χ0v) is 10.5. The molecule has 0 aliphatic heterocycles. The summed E-state index contributed by atoms with van der Waals surface area (Å²) in [6.45, 7) is 0. The van der Waals surface area contributed by atoms with E-state index in [1.807, 2.05) is 0 Å². The molecule has 1 aromatic carbocycles. The first-order valence-electron chi connectivity index (χ1n) is 4.22. The van der Waals surface area contributed by atoms with Crippen molar-refractivity contribution in [3.63, 3.8) is 0 Å². The van der Waals surface area contributed by atoms with E-state index >= 15 is 0 Å². The molecular formula is C9H4BrClF6O. The highest BCUT2D eigenvalue weighted by molar-refractivity contribution is 9.10. The van der Waals surface area contributed by atoms with Crippen LogP contribution >= 0.6 is 27.5 Å². The van der Waals surface area contributed by atoms with Crippen LogP contribution in [0.15, 0.2) is 22.7 Å². The Morgan fingerprint density at radius 2 is 1.39 bits per heavy atom. The van der Waals surface area contributed by atoms with Crippen molar-refractivity contribution < 1.29 is 31.4 Å². The molecule has 0 spiro atoms. The molecule has 0 radical (unpaired) electrons. The minimum atomic E-state index is -5.92. The van der Waals surface area contributed by atoms with Gasteiger partial charge in [-0.15, -0.1) is 0 Å². The summed E-state index contributed by atoms with van der Waals surface area (Å²) >= 11 is 8.09. The van der Waals surface area contributed by atoms with Gasteiger partial charge in [0.25, 0.3) is 5.60 Å². The van der Waals surface area contributed by atoms with Gasteiger partial charge < -0.3 is 5.11 Å². The fourth-order valence-electron chi connectivity index (χ4n) is 1.25. The lowest BCUT2D eigenvalue weighted by atomic mass is 9.92. The number of hydrogen-bond donors (Lipinski definition) is 1. The van der Waals surface area contributed by atoms with Crippen molar-refractivity contribution in [3.8, 4) is 0 Å². The predicted octanol–water partition coefficient (Wildman–Crippen LogP) is 4.41. The molecule has 102 valence electrons. The van der Waals surface area contributed by atoms with Gasteiger partial charge in [0.2, 0.25) is 0 Å². The molecule has 18 heavy (non-hydrogen) atoms. The molecule has 0 aromatic heterocycles. The van der Waals surface area contributed by atoms with E-state index in [0.717, 1.165) is 6.07 Å².